The van der Waals surface area contributed by atoms with E-state index >= 15 is 0 Å². The molecule has 1 aromatic heterocycles. The molecule has 0 unspecified atom stereocenters. The molecule has 2 aromatic rings. The van der Waals surface area contributed by atoms with Crippen LogP contribution in [-0.4, -0.2) is 40.7 Å². The molecule has 0 bridgehead atoms. The standard InChI is InChI=1S/C14H16N4O2/c1-14(9-20-10-14)8-15-13(19)12-7-16-18(17-12)11-5-3-2-4-6-11/h2-7H,8-10H2,1H3,(H,15,19). The van der Waals surface area contributed by atoms with Crippen LogP contribution in [0.3, 0.4) is 0 Å². The van der Waals surface area contributed by atoms with Crippen molar-refractivity contribution < 1.29 is 9.53 Å². The minimum absolute atomic E-state index is 0.0467. The van der Waals surface area contributed by atoms with Crippen LogP contribution in [0.2, 0.25) is 0 Å². The van der Waals surface area contributed by atoms with Crippen LogP contribution in [0.4, 0.5) is 0 Å². The number of carbonyl (C=O) groups excluding carboxylic acids is 1. The molecule has 1 N–H and O–H groups in total. The molecule has 20 heavy (non-hydrogen) atoms. The monoisotopic (exact) mass is 272 g/mol. The Morgan fingerprint density at radius 3 is 2.80 bits per heavy atom. The number of nitrogens with one attached hydrogen (secondary N) is 1. The van der Waals surface area contributed by atoms with Crippen molar-refractivity contribution in [2.24, 2.45) is 5.41 Å². The van der Waals surface area contributed by atoms with E-state index in [2.05, 4.69) is 22.4 Å². The summed E-state index contributed by atoms with van der Waals surface area (Å²) in [5.41, 5.74) is 1.19. The molecule has 1 aliphatic heterocycles. The number of hydrogen-bond acceptors (Lipinski definition) is 4. The quantitative estimate of drug-likeness (QED) is 0.902. The van der Waals surface area contributed by atoms with Gasteiger partial charge < -0.3 is 10.1 Å². The average molecular weight is 272 g/mol. The summed E-state index contributed by atoms with van der Waals surface area (Å²) < 4.78 is 5.15. The van der Waals surface area contributed by atoms with Crippen LogP contribution in [0.1, 0.15) is 17.4 Å². The van der Waals surface area contributed by atoms with Crippen molar-refractivity contribution >= 4 is 5.91 Å². The van der Waals surface area contributed by atoms with Crippen LogP contribution in [0, 0.1) is 5.41 Å². The zero-order chi connectivity index (χ0) is 14.0. The summed E-state index contributed by atoms with van der Waals surface area (Å²) in [5.74, 6) is -0.208. The normalized spacial score (nSPS) is 16.4. The summed E-state index contributed by atoms with van der Waals surface area (Å²) in [5, 5.41) is 11.2. The highest BCUT2D eigenvalue weighted by Crippen LogP contribution is 2.25. The van der Waals surface area contributed by atoms with Gasteiger partial charge in [0.2, 0.25) is 0 Å². The van der Waals surface area contributed by atoms with E-state index in [0.29, 0.717) is 25.5 Å². The van der Waals surface area contributed by atoms with Gasteiger partial charge in [-0.25, -0.2) is 0 Å². The van der Waals surface area contributed by atoms with E-state index in [9.17, 15) is 4.79 Å². The Kier molecular flexibility index (Phi) is 3.23. The van der Waals surface area contributed by atoms with Crippen molar-refractivity contribution in [3.63, 3.8) is 0 Å². The number of ether oxygens (including phenoxy) is 1. The highest BCUT2D eigenvalue weighted by atomic mass is 16.5. The van der Waals surface area contributed by atoms with E-state index in [1.54, 1.807) is 0 Å². The summed E-state index contributed by atoms with van der Waals surface area (Å²) in [6.45, 7) is 4.04. The molecule has 6 nitrogen and oxygen atoms in total. The van der Waals surface area contributed by atoms with E-state index in [-0.39, 0.29) is 11.3 Å². The van der Waals surface area contributed by atoms with Crippen molar-refractivity contribution in [1.82, 2.24) is 20.3 Å². The molecule has 1 aromatic carbocycles. The molecule has 0 atom stereocenters. The molecule has 2 heterocycles. The maximum absolute atomic E-state index is 12.0. The molecule has 1 aliphatic rings. The number of rotatable bonds is 4. The van der Waals surface area contributed by atoms with Crippen LogP contribution in [-0.2, 0) is 4.74 Å². The molecule has 3 rings (SSSR count). The number of nitrogens with zero attached hydrogens (tertiary/aromatic N) is 3. The van der Waals surface area contributed by atoms with Gasteiger partial charge in [-0.3, -0.25) is 4.79 Å². The van der Waals surface area contributed by atoms with Gasteiger partial charge in [0, 0.05) is 12.0 Å². The zero-order valence-corrected chi connectivity index (χ0v) is 11.2. The maximum atomic E-state index is 12.0. The number of carbonyl (C=O) groups is 1. The maximum Gasteiger partial charge on any atom is 0.273 e. The van der Waals surface area contributed by atoms with Crippen LogP contribution >= 0.6 is 0 Å². The third kappa shape index (κ3) is 2.55. The Labute approximate surface area is 116 Å². The minimum atomic E-state index is -0.208. The second-order valence-electron chi connectivity index (χ2n) is 5.34. The van der Waals surface area contributed by atoms with E-state index in [1.165, 1.54) is 11.0 Å². The molecule has 0 spiro atoms. The number of benzene rings is 1. The number of aromatic nitrogens is 3. The fraction of sp³-hybridized carbons (Fsp3) is 0.357. The predicted octanol–water partition coefficient (Wildman–Crippen LogP) is 1.03. The van der Waals surface area contributed by atoms with Crippen LogP contribution in [0.25, 0.3) is 5.69 Å². The second-order valence-corrected chi connectivity index (χ2v) is 5.34. The van der Waals surface area contributed by atoms with Crippen molar-refractivity contribution in [3.05, 3.63) is 42.2 Å². The first-order valence-electron chi connectivity index (χ1n) is 6.50. The fourth-order valence-electron chi connectivity index (χ4n) is 1.99. The van der Waals surface area contributed by atoms with Crippen LogP contribution in [0.5, 0.6) is 0 Å². The van der Waals surface area contributed by atoms with Gasteiger partial charge in [-0.05, 0) is 12.1 Å². The van der Waals surface area contributed by atoms with E-state index in [1.807, 2.05) is 30.3 Å². The molecular weight excluding hydrogens is 256 g/mol. The van der Waals surface area contributed by atoms with Gasteiger partial charge in [0.25, 0.3) is 5.91 Å². The molecule has 104 valence electrons. The number of amides is 1. The molecule has 1 fully saturated rings. The Balaban J connectivity index is 1.66. The fourth-order valence-corrected chi connectivity index (χ4v) is 1.99. The van der Waals surface area contributed by atoms with Gasteiger partial charge in [-0.1, -0.05) is 25.1 Å². The Morgan fingerprint density at radius 2 is 2.15 bits per heavy atom. The summed E-state index contributed by atoms with van der Waals surface area (Å²) in [6, 6.07) is 9.48. The molecule has 1 amide bonds. The van der Waals surface area contributed by atoms with Crippen LogP contribution in [0.15, 0.2) is 36.5 Å². The Bertz CT molecular complexity index is 605. The molecule has 0 aliphatic carbocycles. The first kappa shape index (κ1) is 12.8. The summed E-state index contributed by atoms with van der Waals surface area (Å²) >= 11 is 0. The zero-order valence-electron chi connectivity index (χ0n) is 11.2. The summed E-state index contributed by atoms with van der Waals surface area (Å²) in [6.07, 6.45) is 1.47. The molecule has 1 saturated heterocycles. The smallest absolute Gasteiger partial charge is 0.273 e. The number of para-hydroxylation sites is 1. The van der Waals surface area contributed by atoms with Crippen molar-refractivity contribution in [3.8, 4) is 5.69 Å². The molecular formula is C14H16N4O2. The molecule has 0 saturated carbocycles. The average Bonchev–Trinajstić information content (AvgIpc) is 2.93. The lowest BCUT2D eigenvalue weighted by Gasteiger charge is -2.37. The van der Waals surface area contributed by atoms with Gasteiger partial charge in [-0.15, -0.1) is 5.10 Å². The first-order chi connectivity index (χ1) is 9.66. The highest BCUT2D eigenvalue weighted by molar-refractivity contribution is 5.91. The predicted molar refractivity (Wildman–Crippen MR) is 72.6 cm³/mol. The van der Waals surface area contributed by atoms with E-state index < -0.39 is 0 Å². The van der Waals surface area contributed by atoms with Crippen LogP contribution < -0.4 is 5.32 Å². The molecule has 0 radical (unpaired) electrons. The van der Waals surface area contributed by atoms with Gasteiger partial charge in [-0.2, -0.15) is 9.90 Å². The molecule has 6 heteroatoms. The van der Waals surface area contributed by atoms with E-state index in [4.69, 9.17) is 4.74 Å². The highest BCUT2D eigenvalue weighted by Gasteiger charge is 2.33. The summed E-state index contributed by atoms with van der Waals surface area (Å²) in [7, 11) is 0. The Morgan fingerprint density at radius 1 is 1.40 bits per heavy atom. The van der Waals surface area contributed by atoms with Gasteiger partial charge >= 0.3 is 0 Å². The Hall–Kier alpha value is -2.21. The van der Waals surface area contributed by atoms with Gasteiger partial charge in [0.1, 0.15) is 0 Å². The third-order valence-electron chi connectivity index (χ3n) is 3.29. The number of hydrogen-bond donors (Lipinski definition) is 1. The van der Waals surface area contributed by atoms with E-state index in [0.717, 1.165) is 5.69 Å². The van der Waals surface area contributed by atoms with Gasteiger partial charge in [0.05, 0.1) is 25.1 Å². The lowest BCUT2D eigenvalue weighted by atomic mass is 9.89. The van der Waals surface area contributed by atoms with Crippen molar-refractivity contribution in [1.29, 1.82) is 0 Å². The lowest BCUT2D eigenvalue weighted by Crippen LogP contribution is -2.48. The largest absolute Gasteiger partial charge is 0.380 e. The van der Waals surface area contributed by atoms with Gasteiger partial charge in [0.15, 0.2) is 5.69 Å². The van der Waals surface area contributed by atoms with Crippen molar-refractivity contribution in [2.45, 2.75) is 6.92 Å². The topological polar surface area (TPSA) is 69.0 Å². The third-order valence-corrected chi connectivity index (χ3v) is 3.29. The second kappa shape index (κ2) is 5.05. The minimum Gasteiger partial charge on any atom is -0.380 e. The SMILES string of the molecule is CC1(CNC(=O)c2cnn(-c3ccccc3)n2)COC1. The van der Waals surface area contributed by atoms with Crippen molar-refractivity contribution in [2.75, 3.05) is 19.8 Å². The summed E-state index contributed by atoms with van der Waals surface area (Å²) in [4.78, 5) is 13.5. The lowest BCUT2D eigenvalue weighted by molar-refractivity contribution is -0.0978. The first-order valence-corrected chi connectivity index (χ1v) is 6.50.